The average Bonchev–Trinajstić information content (AvgIpc) is 3.41. The van der Waals surface area contributed by atoms with Crippen molar-refractivity contribution in [1.29, 1.82) is 0 Å². The maximum Gasteiger partial charge on any atom is 0.255 e. The highest BCUT2D eigenvalue weighted by atomic mass is 35.5. The fraction of sp³-hybridized carbons (Fsp3) is 0.0455. The number of aromatic amines is 1. The number of halogens is 4. The number of nitrogens with one attached hydrogen (secondary N) is 3. The fourth-order valence-electron chi connectivity index (χ4n) is 3.45. The molecule has 0 unspecified atom stereocenters. The molecule has 1 aliphatic heterocycles. The summed E-state index contributed by atoms with van der Waals surface area (Å²) in [7, 11) is 0. The number of aromatic nitrogens is 3. The fourth-order valence-corrected chi connectivity index (χ4v) is 4.60. The van der Waals surface area contributed by atoms with E-state index >= 15 is 0 Å². The molecule has 0 aliphatic carbocycles. The highest BCUT2D eigenvalue weighted by Crippen LogP contribution is 2.37. The first kappa shape index (κ1) is 23.4. The van der Waals surface area contributed by atoms with Gasteiger partial charge in [-0.2, -0.15) is 15.4 Å². The number of H-pyrrole nitrogens is 1. The van der Waals surface area contributed by atoms with Crippen LogP contribution in [0.5, 0.6) is 0 Å². The number of aliphatic imine (C=N–C) groups is 1. The summed E-state index contributed by atoms with van der Waals surface area (Å²) in [5.74, 6) is -0.346. The Morgan fingerprint density at radius 1 is 0.943 bits per heavy atom. The van der Waals surface area contributed by atoms with Crippen LogP contribution in [0.25, 0.3) is 11.0 Å². The number of anilines is 2. The van der Waals surface area contributed by atoms with Gasteiger partial charge >= 0.3 is 0 Å². The second-order valence-electron chi connectivity index (χ2n) is 7.44. The van der Waals surface area contributed by atoms with E-state index in [1.165, 1.54) is 17.1 Å². The Morgan fingerprint density at radius 2 is 1.69 bits per heavy atom. The van der Waals surface area contributed by atoms with Gasteiger partial charge in [-0.1, -0.05) is 46.4 Å². The molecule has 1 aliphatic rings. The number of carbonyl (C=O) groups is 2. The summed E-state index contributed by atoms with van der Waals surface area (Å²) in [5, 5.41) is 15.6. The number of benzene rings is 3. The molecule has 1 saturated heterocycles. The van der Waals surface area contributed by atoms with Gasteiger partial charge in [0.2, 0.25) is 0 Å². The van der Waals surface area contributed by atoms with Gasteiger partial charge in [0.25, 0.3) is 11.8 Å². The van der Waals surface area contributed by atoms with Crippen LogP contribution in [0.4, 0.5) is 17.1 Å². The number of amidine groups is 1. The van der Waals surface area contributed by atoms with Crippen LogP contribution in [0.15, 0.2) is 53.5 Å². The molecular formula is C22H13Cl4N7O2. The zero-order valence-corrected chi connectivity index (χ0v) is 20.5. The summed E-state index contributed by atoms with van der Waals surface area (Å²) in [5.41, 5.74) is 5.61. The smallest absolute Gasteiger partial charge is 0.255 e. The molecule has 0 saturated carbocycles. The van der Waals surface area contributed by atoms with Crippen LogP contribution in [0.1, 0.15) is 16.8 Å². The average molecular weight is 549 g/mol. The first-order valence-corrected chi connectivity index (χ1v) is 11.5. The Hall–Kier alpha value is -3.37. The monoisotopic (exact) mass is 547 g/mol. The summed E-state index contributed by atoms with van der Waals surface area (Å²) < 4.78 is 0. The molecule has 0 spiro atoms. The van der Waals surface area contributed by atoms with Crippen LogP contribution in [0.2, 0.25) is 20.1 Å². The lowest BCUT2D eigenvalue weighted by atomic mass is 10.2. The van der Waals surface area contributed by atoms with Crippen molar-refractivity contribution in [2.45, 2.75) is 6.42 Å². The van der Waals surface area contributed by atoms with Gasteiger partial charge in [-0.3, -0.25) is 15.0 Å². The van der Waals surface area contributed by atoms with Crippen molar-refractivity contribution in [1.82, 2.24) is 20.8 Å². The second-order valence-corrected chi connectivity index (χ2v) is 9.10. The maximum absolute atomic E-state index is 12.7. The minimum absolute atomic E-state index is 0.0418. The zero-order chi connectivity index (χ0) is 24.7. The molecule has 9 nitrogen and oxygen atoms in total. The van der Waals surface area contributed by atoms with Gasteiger partial charge in [-0.05, 0) is 48.5 Å². The van der Waals surface area contributed by atoms with Crippen molar-refractivity contribution in [2.24, 2.45) is 4.99 Å². The van der Waals surface area contributed by atoms with Crippen molar-refractivity contribution < 1.29 is 9.59 Å². The van der Waals surface area contributed by atoms with Gasteiger partial charge < -0.3 is 5.32 Å². The van der Waals surface area contributed by atoms with E-state index in [0.29, 0.717) is 43.9 Å². The van der Waals surface area contributed by atoms with Crippen LogP contribution in [0, 0.1) is 0 Å². The van der Waals surface area contributed by atoms with Crippen molar-refractivity contribution in [2.75, 3.05) is 10.3 Å². The van der Waals surface area contributed by atoms with E-state index in [9.17, 15) is 9.59 Å². The first-order chi connectivity index (χ1) is 16.8. The van der Waals surface area contributed by atoms with Gasteiger partial charge in [0, 0.05) is 16.3 Å². The van der Waals surface area contributed by atoms with Gasteiger partial charge in [0.1, 0.15) is 22.6 Å². The number of rotatable bonds is 4. The van der Waals surface area contributed by atoms with Crippen molar-refractivity contribution in [3.8, 4) is 0 Å². The maximum atomic E-state index is 12.7. The van der Waals surface area contributed by atoms with E-state index in [4.69, 9.17) is 46.4 Å². The van der Waals surface area contributed by atoms with Crippen LogP contribution in [-0.4, -0.2) is 33.1 Å². The third kappa shape index (κ3) is 4.76. The molecule has 2 amide bonds. The van der Waals surface area contributed by atoms with Gasteiger partial charge in [-0.25, -0.2) is 10.0 Å². The molecule has 2 heterocycles. The number of amides is 2. The molecule has 35 heavy (non-hydrogen) atoms. The predicted molar refractivity (Wildman–Crippen MR) is 137 cm³/mol. The lowest BCUT2D eigenvalue weighted by Gasteiger charge is -2.19. The number of hydrogen-bond donors (Lipinski definition) is 3. The van der Waals surface area contributed by atoms with E-state index in [0.717, 1.165) is 0 Å². The lowest BCUT2D eigenvalue weighted by molar-refractivity contribution is -0.116. The minimum Gasteiger partial charge on any atom is -0.322 e. The third-order valence-electron chi connectivity index (χ3n) is 5.05. The topological polar surface area (TPSA) is 115 Å². The molecule has 0 bridgehead atoms. The Bertz CT molecular complexity index is 1510. The van der Waals surface area contributed by atoms with E-state index < -0.39 is 0 Å². The Morgan fingerprint density at radius 3 is 2.46 bits per heavy atom. The molecule has 13 heteroatoms. The SMILES string of the molecule is O=C(Nc1ccc(Cl)c(N=C2CC(=O)N(c3c(Cl)cc(Cl)cc3Cl)N2)c1)c1ccc2n[nH]nc2c1. The Kier molecular flexibility index (Phi) is 6.24. The summed E-state index contributed by atoms with van der Waals surface area (Å²) >= 11 is 24.8. The quantitative estimate of drug-likeness (QED) is 0.298. The van der Waals surface area contributed by atoms with Crippen LogP contribution < -0.4 is 15.8 Å². The Labute approximate surface area is 218 Å². The lowest BCUT2D eigenvalue weighted by Crippen LogP contribution is -2.36. The normalized spacial score (nSPS) is 14.6. The van der Waals surface area contributed by atoms with Gasteiger partial charge in [0.15, 0.2) is 0 Å². The molecule has 0 radical (unpaired) electrons. The van der Waals surface area contributed by atoms with E-state index in [1.54, 1.807) is 36.4 Å². The predicted octanol–water partition coefficient (Wildman–Crippen LogP) is 5.80. The molecule has 3 N–H and O–H groups in total. The number of hydrogen-bond acceptors (Lipinski definition) is 5. The van der Waals surface area contributed by atoms with Gasteiger partial charge in [0.05, 0.1) is 27.2 Å². The second kappa shape index (κ2) is 9.35. The minimum atomic E-state index is -0.344. The Balaban J connectivity index is 1.37. The molecule has 4 aromatic rings. The van der Waals surface area contributed by atoms with Crippen LogP contribution >= 0.6 is 46.4 Å². The summed E-state index contributed by atoms with van der Waals surface area (Å²) in [6.07, 6.45) is -0.0418. The highest BCUT2D eigenvalue weighted by molar-refractivity contribution is 6.42. The number of fused-ring (bicyclic) bond motifs is 1. The van der Waals surface area contributed by atoms with Gasteiger partial charge in [-0.15, -0.1) is 0 Å². The molecule has 3 aromatic carbocycles. The molecule has 1 fully saturated rings. The highest BCUT2D eigenvalue weighted by Gasteiger charge is 2.30. The number of carbonyl (C=O) groups excluding carboxylic acids is 2. The zero-order valence-electron chi connectivity index (χ0n) is 17.4. The molecule has 1 aromatic heterocycles. The third-order valence-corrected chi connectivity index (χ3v) is 6.17. The van der Waals surface area contributed by atoms with Crippen molar-refractivity contribution >= 4 is 92.1 Å². The van der Waals surface area contributed by atoms with Crippen LogP contribution in [-0.2, 0) is 4.79 Å². The number of nitrogens with zero attached hydrogens (tertiary/aromatic N) is 4. The van der Waals surface area contributed by atoms with E-state index in [1.807, 2.05) is 0 Å². The molecular weight excluding hydrogens is 536 g/mol. The largest absolute Gasteiger partial charge is 0.322 e. The van der Waals surface area contributed by atoms with Crippen molar-refractivity contribution in [3.63, 3.8) is 0 Å². The summed E-state index contributed by atoms with van der Waals surface area (Å²) in [4.78, 5) is 29.8. The van der Waals surface area contributed by atoms with Crippen LogP contribution in [0.3, 0.4) is 0 Å². The van der Waals surface area contributed by atoms with E-state index in [-0.39, 0.29) is 34.0 Å². The molecule has 176 valence electrons. The first-order valence-electron chi connectivity index (χ1n) is 10.0. The van der Waals surface area contributed by atoms with Crippen molar-refractivity contribution in [3.05, 3.63) is 74.2 Å². The summed E-state index contributed by atoms with van der Waals surface area (Å²) in [6.45, 7) is 0. The molecule has 0 atom stereocenters. The van der Waals surface area contributed by atoms with E-state index in [2.05, 4.69) is 31.1 Å². The molecule has 5 rings (SSSR count). The number of hydrazine groups is 1. The standard InChI is InChI=1S/C22H13Cl4N7O2/c23-11-6-14(25)21(15(26)7-11)33-20(34)9-19(31-33)28-17-8-12(2-3-13(17)24)27-22(35)10-1-4-16-18(5-10)30-32-29-16/h1-8H,9H2,(H,27,35)(H,28,31)(H,29,30,32). The summed E-state index contributed by atoms with van der Waals surface area (Å²) in [6, 6.07) is 12.8.